The molecule has 0 radical (unpaired) electrons. The molecule has 184 valence electrons. The highest BCUT2D eigenvalue weighted by Gasteiger charge is 2.78. The molecule has 1 aliphatic heterocycles. The molecule has 0 aromatic heterocycles. The number of ether oxygens (including phenoxy) is 2. The zero-order chi connectivity index (χ0) is 25.7. The van der Waals surface area contributed by atoms with Gasteiger partial charge in [0, 0.05) is 0 Å². The summed E-state index contributed by atoms with van der Waals surface area (Å²) in [5.74, 6) is -6.30. The number of hydrogen-bond acceptors (Lipinski definition) is 10. The summed E-state index contributed by atoms with van der Waals surface area (Å²) < 4.78 is 9.89. The maximum atomic E-state index is 13.0. The fourth-order valence-corrected chi connectivity index (χ4v) is 4.12. The molecule has 2 atom stereocenters. The van der Waals surface area contributed by atoms with E-state index in [1.807, 2.05) is 10.3 Å². The molecule has 1 fully saturated rings. The van der Waals surface area contributed by atoms with Crippen LogP contribution in [0.3, 0.4) is 0 Å². The Bertz CT molecular complexity index is 989. The van der Waals surface area contributed by atoms with Crippen LogP contribution in [0, 0.1) is 0 Å². The number of thiol groups is 1. The summed E-state index contributed by atoms with van der Waals surface area (Å²) in [6, 6.07) is 6.49. The number of methoxy groups -OCH3 is 1. The zero-order valence-corrected chi connectivity index (χ0v) is 19.1. The van der Waals surface area contributed by atoms with Gasteiger partial charge in [0.25, 0.3) is 11.4 Å². The minimum atomic E-state index is -3.04. The van der Waals surface area contributed by atoms with Gasteiger partial charge in [-0.05, 0) is 24.6 Å². The molecular formula is C20H24N4O9S. The molecule has 1 aromatic carbocycles. The van der Waals surface area contributed by atoms with Gasteiger partial charge in [0.2, 0.25) is 5.91 Å². The van der Waals surface area contributed by atoms with E-state index in [0.29, 0.717) is 10.6 Å². The van der Waals surface area contributed by atoms with Crippen LogP contribution in [0.5, 0.6) is 5.75 Å². The van der Waals surface area contributed by atoms with E-state index in [1.54, 1.807) is 30.3 Å². The van der Waals surface area contributed by atoms with Gasteiger partial charge in [0.05, 0.1) is 7.11 Å². The van der Waals surface area contributed by atoms with E-state index < -0.39 is 60.0 Å². The van der Waals surface area contributed by atoms with Gasteiger partial charge in [-0.2, -0.15) is 0 Å². The van der Waals surface area contributed by atoms with Gasteiger partial charge in [-0.1, -0.05) is 37.6 Å². The number of hydrazine groups is 1. The van der Waals surface area contributed by atoms with Crippen molar-refractivity contribution in [2.75, 3.05) is 20.3 Å². The Labute approximate surface area is 199 Å². The molecule has 13 nitrogen and oxygen atoms in total. The van der Waals surface area contributed by atoms with Crippen molar-refractivity contribution < 1.29 is 43.7 Å². The van der Waals surface area contributed by atoms with E-state index in [0.717, 1.165) is 7.11 Å². The second-order valence-corrected chi connectivity index (χ2v) is 7.47. The Morgan fingerprint density at radius 1 is 1.21 bits per heavy atom. The Kier molecular flexibility index (Phi) is 8.26. The van der Waals surface area contributed by atoms with Crippen LogP contribution in [0.4, 0.5) is 0 Å². The Hall–Kier alpha value is -3.62. The number of likely N-dealkylation sites (tertiary alicyclic amines) is 1. The van der Waals surface area contributed by atoms with E-state index in [1.165, 1.54) is 6.92 Å². The summed E-state index contributed by atoms with van der Waals surface area (Å²) in [4.78, 5) is 65.0. The first kappa shape index (κ1) is 26.6. The third kappa shape index (κ3) is 4.30. The fourth-order valence-electron chi connectivity index (χ4n) is 3.95. The molecule has 5 N–H and O–H groups in total. The van der Waals surface area contributed by atoms with Crippen molar-refractivity contribution in [1.29, 1.82) is 0 Å². The van der Waals surface area contributed by atoms with Crippen LogP contribution in [0.15, 0.2) is 42.5 Å². The molecule has 1 aromatic rings. The van der Waals surface area contributed by atoms with E-state index in [-0.39, 0.29) is 5.57 Å². The van der Waals surface area contributed by atoms with Crippen LogP contribution in [0.2, 0.25) is 0 Å². The van der Waals surface area contributed by atoms with Crippen molar-refractivity contribution >= 4 is 42.5 Å². The molecule has 0 saturated carbocycles. The molecule has 2 rings (SSSR count). The maximum absolute atomic E-state index is 13.0. The number of carbonyl (C=O) groups is 5. The number of para-hydroxylation sites is 1. The summed E-state index contributed by atoms with van der Waals surface area (Å²) in [6.45, 7) is 3.56. The zero-order valence-electron chi connectivity index (χ0n) is 18.2. The molecule has 1 saturated heterocycles. The second kappa shape index (κ2) is 10.5. The molecule has 2 amide bonds. The smallest absolute Gasteiger partial charge is 0.339 e. The quantitative estimate of drug-likeness (QED) is 0.0506. The monoisotopic (exact) mass is 496 g/mol. The minimum Gasteiger partial charge on any atom is -0.484 e. The van der Waals surface area contributed by atoms with Crippen LogP contribution >= 0.6 is 12.8 Å². The summed E-state index contributed by atoms with van der Waals surface area (Å²) in [7, 11) is 1.03. The maximum Gasteiger partial charge on any atom is 0.339 e. The molecule has 1 aliphatic rings. The number of nitrogens with zero attached hydrogens (tertiary/aromatic N) is 1. The van der Waals surface area contributed by atoms with Gasteiger partial charge in [-0.15, -0.1) is 0 Å². The van der Waals surface area contributed by atoms with E-state index in [4.69, 9.17) is 4.74 Å². The standard InChI is InChI=1S/C20H24N4O9S/c1-11(2)20(19(17(28)29,18(30)31)22-23-34)15(16(27)24(20)9-14(26)32-3)21-13(25)10-33-12-7-5-4-6-8-12/h4-8,15,22-23,34H,1,9-10H2,2-3H3,(H,21,25)(H,28,29)(H,30,31)/t15-,20+/m1/s1. The molecule has 1 heterocycles. The van der Waals surface area contributed by atoms with E-state index >= 15 is 0 Å². The molecular weight excluding hydrogens is 472 g/mol. The summed E-state index contributed by atoms with van der Waals surface area (Å²) in [6.07, 6.45) is 0. The minimum absolute atomic E-state index is 0.161. The first-order valence-electron chi connectivity index (χ1n) is 9.65. The number of carboxylic acid groups (broad SMARTS) is 2. The van der Waals surface area contributed by atoms with Crippen molar-refractivity contribution in [2.24, 2.45) is 0 Å². The second-order valence-electron chi connectivity index (χ2n) is 7.25. The van der Waals surface area contributed by atoms with Crippen LogP contribution < -0.4 is 20.3 Å². The fraction of sp³-hybridized carbons (Fsp3) is 0.350. The summed E-state index contributed by atoms with van der Waals surface area (Å²) in [5.41, 5.74) is -3.52. The largest absolute Gasteiger partial charge is 0.484 e. The predicted molar refractivity (Wildman–Crippen MR) is 118 cm³/mol. The third-order valence-corrected chi connectivity index (χ3v) is 5.51. The topological polar surface area (TPSA) is 184 Å². The first-order chi connectivity index (χ1) is 16.0. The molecule has 0 unspecified atom stereocenters. The number of nitrogens with one attached hydrogen (secondary N) is 3. The van der Waals surface area contributed by atoms with Gasteiger partial charge < -0.3 is 29.9 Å². The first-order valence-corrected chi connectivity index (χ1v) is 10.1. The van der Waals surface area contributed by atoms with E-state index in [9.17, 15) is 34.2 Å². The van der Waals surface area contributed by atoms with Crippen LogP contribution in [-0.2, 0) is 28.7 Å². The van der Waals surface area contributed by atoms with Gasteiger partial charge in [-0.3, -0.25) is 14.4 Å². The number of rotatable bonds is 12. The number of benzene rings is 1. The normalized spacial score (nSPS) is 19.6. The number of carbonyl (C=O) groups excluding carboxylic acids is 3. The SMILES string of the molecule is C=C(C)[C@@]1(C(NNS)(C(=O)O)C(=O)O)[C@H](NC(=O)COc2ccccc2)C(=O)N1CC(=O)OC. The third-order valence-electron chi connectivity index (χ3n) is 5.40. The Morgan fingerprint density at radius 3 is 2.26 bits per heavy atom. The van der Waals surface area contributed by atoms with E-state index in [2.05, 4.69) is 29.4 Å². The molecule has 0 aliphatic carbocycles. The lowest BCUT2D eigenvalue weighted by Crippen LogP contribution is -2.93. The van der Waals surface area contributed by atoms with Gasteiger partial charge in [-0.25, -0.2) is 19.8 Å². The summed E-state index contributed by atoms with van der Waals surface area (Å²) in [5, 5.41) is 22.4. The molecule has 0 spiro atoms. The number of esters is 1. The number of hydrogen-bond donors (Lipinski definition) is 6. The van der Waals surface area contributed by atoms with Crippen LogP contribution in [0.1, 0.15) is 6.92 Å². The van der Waals surface area contributed by atoms with Crippen molar-refractivity contribution in [3.05, 3.63) is 42.5 Å². The lowest BCUT2D eigenvalue weighted by molar-refractivity contribution is -0.191. The van der Waals surface area contributed by atoms with Crippen LogP contribution in [0.25, 0.3) is 0 Å². The van der Waals surface area contributed by atoms with Gasteiger partial charge >= 0.3 is 17.9 Å². The molecule has 34 heavy (non-hydrogen) atoms. The summed E-state index contributed by atoms with van der Waals surface area (Å²) >= 11 is 3.66. The average Bonchev–Trinajstić information content (AvgIpc) is 2.80. The number of amides is 2. The lowest BCUT2D eigenvalue weighted by Gasteiger charge is -2.62. The highest BCUT2D eigenvalue weighted by Crippen LogP contribution is 2.46. The predicted octanol–water partition coefficient (Wildman–Crippen LogP) is -1.27. The van der Waals surface area contributed by atoms with Crippen molar-refractivity contribution in [3.8, 4) is 5.75 Å². The average molecular weight is 496 g/mol. The number of β-lactam (4-membered cyclic amide) rings is 1. The highest BCUT2D eigenvalue weighted by molar-refractivity contribution is 7.78. The van der Waals surface area contributed by atoms with Gasteiger partial charge in [0.1, 0.15) is 23.9 Å². The van der Waals surface area contributed by atoms with Crippen molar-refractivity contribution in [1.82, 2.24) is 20.5 Å². The Balaban J connectivity index is 2.54. The molecule has 14 heteroatoms. The lowest BCUT2D eigenvalue weighted by atomic mass is 9.60. The highest BCUT2D eigenvalue weighted by atomic mass is 32.1. The van der Waals surface area contributed by atoms with Crippen LogP contribution in [-0.4, -0.2) is 82.2 Å². The van der Waals surface area contributed by atoms with Gasteiger partial charge in [0.15, 0.2) is 6.61 Å². The molecule has 0 bridgehead atoms. The van der Waals surface area contributed by atoms with Crippen molar-refractivity contribution in [3.63, 3.8) is 0 Å². The number of aliphatic carboxylic acids is 2. The number of carboxylic acids is 2. The Morgan fingerprint density at radius 2 is 1.79 bits per heavy atom. The van der Waals surface area contributed by atoms with Crippen molar-refractivity contribution in [2.45, 2.75) is 24.0 Å².